The van der Waals surface area contributed by atoms with Crippen molar-refractivity contribution in [3.63, 3.8) is 0 Å². The molecule has 1 saturated heterocycles. The molecule has 0 aliphatic carbocycles. The molecule has 11 heteroatoms. The fourth-order valence-corrected chi connectivity index (χ4v) is 6.09. The fourth-order valence-electron chi connectivity index (χ4n) is 3.45. The van der Waals surface area contributed by atoms with Crippen LogP contribution < -0.4 is 9.47 Å². The number of rotatable bonds is 9. The highest BCUT2D eigenvalue weighted by molar-refractivity contribution is 9.10. The summed E-state index contributed by atoms with van der Waals surface area (Å²) >= 11 is 10.5. The number of amides is 1. The van der Waals surface area contributed by atoms with E-state index in [0.717, 1.165) is 21.8 Å². The molecule has 4 rings (SSSR count). The molecule has 0 bridgehead atoms. The lowest BCUT2D eigenvalue weighted by Crippen LogP contribution is -2.29. The number of amidine groups is 1. The van der Waals surface area contributed by atoms with E-state index in [4.69, 9.17) is 21.1 Å². The van der Waals surface area contributed by atoms with Gasteiger partial charge in [-0.05, 0) is 65.9 Å². The summed E-state index contributed by atoms with van der Waals surface area (Å²) in [7, 11) is -2.51. The van der Waals surface area contributed by atoms with Crippen molar-refractivity contribution in [2.24, 2.45) is 4.40 Å². The normalized spacial score (nSPS) is 15.8. The van der Waals surface area contributed by atoms with E-state index in [-0.39, 0.29) is 29.1 Å². The van der Waals surface area contributed by atoms with Crippen molar-refractivity contribution in [1.82, 2.24) is 4.90 Å². The molecule has 0 spiro atoms. The number of sulfonamides is 1. The first-order valence-corrected chi connectivity index (χ1v) is 14.6. The number of nitrogens with zero attached hydrogens (tertiary/aromatic N) is 2. The van der Waals surface area contributed by atoms with Gasteiger partial charge in [0, 0.05) is 21.6 Å². The number of hydrogen-bond donors (Lipinski definition) is 0. The molecule has 0 radical (unpaired) electrons. The standard InChI is InChI=1S/C27H22BrClN2O5S2/c1-3-14-31-26(32)25(37-27(31)30-38(33,34)21-11-9-20(28)10-12-21)16-18-8-13-23(35-2)24(15-18)36-17-19-6-4-5-7-22(19)29/h3-13,15-16H,1,14,17H2,2H3/b25-16-,30-27+. The smallest absolute Gasteiger partial charge is 0.284 e. The molecule has 196 valence electrons. The third-order valence-corrected chi connectivity index (χ3v) is 8.64. The van der Waals surface area contributed by atoms with Gasteiger partial charge in [-0.15, -0.1) is 11.0 Å². The summed E-state index contributed by atoms with van der Waals surface area (Å²) in [5, 5.41) is 0.637. The summed E-state index contributed by atoms with van der Waals surface area (Å²) in [5.41, 5.74) is 1.47. The number of benzene rings is 3. The first kappa shape index (κ1) is 28.0. The van der Waals surface area contributed by atoms with E-state index in [1.165, 1.54) is 30.2 Å². The van der Waals surface area contributed by atoms with E-state index in [0.29, 0.717) is 27.0 Å². The van der Waals surface area contributed by atoms with Gasteiger partial charge in [-0.3, -0.25) is 9.69 Å². The highest BCUT2D eigenvalue weighted by Gasteiger charge is 2.34. The lowest BCUT2D eigenvalue weighted by molar-refractivity contribution is -0.121. The van der Waals surface area contributed by atoms with Crippen molar-refractivity contribution >= 4 is 66.5 Å². The topological polar surface area (TPSA) is 85.3 Å². The van der Waals surface area contributed by atoms with Crippen molar-refractivity contribution in [3.8, 4) is 11.5 Å². The highest BCUT2D eigenvalue weighted by atomic mass is 79.9. The zero-order chi connectivity index (χ0) is 27.3. The number of carbonyl (C=O) groups excluding carboxylic acids is 1. The van der Waals surface area contributed by atoms with Gasteiger partial charge >= 0.3 is 0 Å². The molecule has 1 aliphatic rings. The average Bonchev–Trinajstić information content (AvgIpc) is 3.17. The van der Waals surface area contributed by atoms with Crippen LogP contribution in [0.25, 0.3) is 6.08 Å². The number of ether oxygens (including phenoxy) is 2. The van der Waals surface area contributed by atoms with Crippen LogP contribution in [0.3, 0.4) is 0 Å². The second-order valence-corrected chi connectivity index (χ2v) is 11.8. The van der Waals surface area contributed by atoms with E-state index in [1.807, 2.05) is 18.2 Å². The average molecular weight is 634 g/mol. The quantitative estimate of drug-likeness (QED) is 0.197. The molecule has 0 unspecified atom stereocenters. The van der Waals surface area contributed by atoms with E-state index in [1.54, 1.807) is 42.5 Å². The van der Waals surface area contributed by atoms with Crippen LogP contribution in [0.5, 0.6) is 11.5 Å². The lowest BCUT2D eigenvalue weighted by atomic mass is 10.1. The Labute approximate surface area is 239 Å². The molecule has 0 aromatic heterocycles. The molecular weight excluding hydrogens is 612 g/mol. The first-order valence-electron chi connectivity index (χ1n) is 11.2. The summed E-state index contributed by atoms with van der Waals surface area (Å²) < 4.78 is 41.9. The van der Waals surface area contributed by atoms with Gasteiger partial charge in [0.2, 0.25) is 0 Å². The van der Waals surface area contributed by atoms with Gasteiger partial charge in [-0.1, -0.05) is 57.9 Å². The first-order chi connectivity index (χ1) is 18.2. The van der Waals surface area contributed by atoms with Crippen LogP contribution in [-0.2, 0) is 21.4 Å². The molecule has 3 aromatic rings. The summed E-state index contributed by atoms with van der Waals surface area (Å²) in [5.74, 6) is 0.599. The molecule has 1 heterocycles. The van der Waals surface area contributed by atoms with Gasteiger partial charge in [0.25, 0.3) is 15.9 Å². The monoisotopic (exact) mass is 632 g/mol. The number of halogens is 2. The minimum Gasteiger partial charge on any atom is -0.493 e. The molecule has 1 fully saturated rings. The molecule has 0 N–H and O–H groups in total. The van der Waals surface area contributed by atoms with Crippen LogP contribution in [-0.4, -0.2) is 38.0 Å². The van der Waals surface area contributed by atoms with Gasteiger partial charge in [-0.25, -0.2) is 0 Å². The summed E-state index contributed by atoms with van der Waals surface area (Å²) in [6, 6.07) is 18.7. The Kier molecular flexibility index (Phi) is 8.99. The van der Waals surface area contributed by atoms with E-state index >= 15 is 0 Å². The van der Waals surface area contributed by atoms with Gasteiger partial charge in [-0.2, -0.15) is 8.42 Å². The Morgan fingerprint density at radius 1 is 1.11 bits per heavy atom. The number of carbonyl (C=O) groups is 1. The molecule has 1 aliphatic heterocycles. The van der Waals surface area contributed by atoms with Crippen LogP contribution in [0.2, 0.25) is 5.02 Å². The molecule has 0 saturated carbocycles. The second kappa shape index (κ2) is 12.2. The predicted octanol–water partition coefficient (Wildman–Crippen LogP) is 6.54. The molecular formula is C27H22BrClN2O5S2. The predicted molar refractivity (Wildman–Crippen MR) is 155 cm³/mol. The van der Waals surface area contributed by atoms with Crippen LogP contribution in [0.1, 0.15) is 11.1 Å². The summed E-state index contributed by atoms with van der Waals surface area (Å²) in [6.45, 7) is 4.00. The number of hydrogen-bond acceptors (Lipinski definition) is 6. The Balaban J connectivity index is 1.63. The van der Waals surface area contributed by atoms with Gasteiger partial charge < -0.3 is 9.47 Å². The molecule has 0 atom stereocenters. The molecule has 3 aromatic carbocycles. The maximum Gasteiger partial charge on any atom is 0.284 e. The Hall–Kier alpha value is -3.05. The van der Waals surface area contributed by atoms with Crippen LogP contribution >= 0.6 is 39.3 Å². The maximum atomic E-state index is 13.2. The summed E-state index contributed by atoms with van der Waals surface area (Å²) in [6.07, 6.45) is 3.16. The number of thioether (sulfide) groups is 1. The van der Waals surface area contributed by atoms with Crippen molar-refractivity contribution in [1.29, 1.82) is 0 Å². The summed E-state index contributed by atoms with van der Waals surface area (Å²) in [4.78, 5) is 14.8. The lowest BCUT2D eigenvalue weighted by Gasteiger charge is -2.13. The Bertz CT molecular complexity index is 1540. The van der Waals surface area contributed by atoms with Crippen molar-refractivity contribution in [2.75, 3.05) is 13.7 Å². The van der Waals surface area contributed by atoms with Crippen LogP contribution in [0.4, 0.5) is 0 Å². The van der Waals surface area contributed by atoms with Gasteiger partial charge in [0.1, 0.15) is 6.61 Å². The third kappa shape index (κ3) is 6.50. The van der Waals surface area contributed by atoms with E-state index < -0.39 is 10.0 Å². The molecule has 1 amide bonds. The maximum absolute atomic E-state index is 13.2. The Morgan fingerprint density at radius 2 is 1.84 bits per heavy atom. The zero-order valence-corrected chi connectivity index (χ0v) is 24.1. The third-order valence-electron chi connectivity index (χ3n) is 5.34. The molecule has 38 heavy (non-hydrogen) atoms. The van der Waals surface area contributed by atoms with Gasteiger partial charge in [0.05, 0.1) is 16.9 Å². The van der Waals surface area contributed by atoms with E-state index in [9.17, 15) is 13.2 Å². The van der Waals surface area contributed by atoms with Crippen molar-refractivity contribution in [2.45, 2.75) is 11.5 Å². The van der Waals surface area contributed by atoms with Crippen LogP contribution in [0, 0.1) is 0 Å². The van der Waals surface area contributed by atoms with Gasteiger partial charge in [0.15, 0.2) is 16.7 Å². The van der Waals surface area contributed by atoms with E-state index in [2.05, 4.69) is 26.9 Å². The SMILES string of the molecule is C=CCN1C(=O)/C(=C/c2ccc(OC)c(OCc3ccccc3Cl)c2)S/C1=N/S(=O)(=O)c1ccc(Br)cc1. The molecule has 7 nitrogen and oxygen atoms in total. The van der Waals surface area contributed by atoms with Crippen molar-refractivity contribution in [3.05, 3.63) is 105 Å². The Morgan fingerprint density at radius 3 is 2.53 bits per heavy atom. The highest BCUT2D eigenvalue weighted by Crippen LogP contribution is 2.36. The van der Waals surface area contributed by atoms with Crippen molar-refractivity contribution < 1.29 is 22.7 Å². The number of methoxy groups -OCH3 is 1. The second-order valence-electron chi connectivity index (χ2n) is 7.91. The largest absolute Gasteiger partial charge is 0.493 e. The minimum atomic E-state index is -4.04. The minimum absolute atomic E-state index is 0.0210. The fraction of sp³-hybridized carbons (Fsp3) is 0.111. The zero-order valence-electron chi connectivity index (χ0n) is 20.1. The van der Waals surface area contributed by atoms with Crippen LogP contribution in [0.15, 0.2) is 98.1 Å².